The lowest BCUT2D eigenvalue weighted by Gasteiger charge is -2.06. The Morgan fingerprint density at radius 2 is 2.17 bits per heavy atom. The van der Waals surface area contributed by atoms with E-state index in [9.17, 15) is 0 Å². The first-order valence-electron chi connectivity index (χ1n) is 5.82. The predicted octanol–water partition coefficient (Wildman–Crippen LogP) is 1.98. The molecule has 0 unspecified atom stereocenters. The van der Waals surface area contributed by atoms with E-state index in [0.29, 0.717) is 24.9 Å². The lowest BCUT2D eigenvalue weighted by Crippen LogP contribution is -2.14. The predicted molar refractivity (Wildman–Crippen MR) is 67.3 cm³/mol. The molecule has 0 fully saturated rings. The van der Waals surface area contributed by atoms with Gasteiger partial charge in [-0.1, -0.05) is 6.07 Å². The molecule has 0 radical (unpaired) electrons. The van der Waals surface area contributed by atoms with Crippen LogP contribution in [-0.2, 0) is 13.1 Å². The summed E-state index contributed by atoms with van der Waals surface area (Å²) in [5, 5.41) is 3.26. The van der Waals surface area contributed by atoms with Crippen LogP contribution in [0.4, 0.5) is 0 Å². The molecule has 0 atom stereocenters. The van der Waals surface area contributed by atoms with Gasteiger partial charge in [0.25, 0.3) is 0 Å². The molecule has 0 aliphatic heterocycles. The van der Waals surface area contributed by atoms with Crippen molar-refractivity contribution in [1.29, 1.82) is 0 Å². The summed E-state index contributed by atoms with van der Waals surface area (Å²) in [7, 11) is 1.62. The Labute approximate surface area is 106 Å². The summed E-state index contributed by atoms with van der Waals surface area (Å²) < 4.78 is 10.7. The minimum atomic E-state index is 0.590. The fourth-order valence-electron chi connectivity index (χ4n) is 1.66. The van der Waals surface area contributed by atoms with E-state index in [2.05, 4.69) is 15.3 Å². The highest BCUT2D eigenvalue weighted by molar-refractivity contribution is 5.25. The van der Waals surface area contributed by atoms with Crippen LogP contribution in [0.15, 0.2) is 22.7 Å². The Bertz CT molecular complexity index is 503. The average molecular weight is 247 g/mol. The van der Waals surface area contributed by atoms with Crippen LogP contribution in [0.25, 0.3) is 0 Å². The topological polar surface area (TPSA) is 60.2 Å². The number of pyridine rings is 1. The van der Waals surface area contributed by atoms with Gasteiger partial charge in [-0.05, 0) is 19.9 Å². The van der Waals surface area contributed by atoms with E-state index in [4.69, 9.17) is 9.15 Å². The summed E-state index contributed by atoms with van der Waals surface area (Å²) in [5.74, 6) is 2.21. The van der Waals surface area contributed by atoms with E-state index in [1.807, 2.05) is 26.0 Å². The molecular formula is C13H17N3O2. The normalized spacial score (nSPS) is 10.6. The van der Waals surface area contributed by atoms with Gasteiger partial charge in [-0.15, -0.1) is 0 Å². The molecule has 0 aliphatic rings. The molecule has 96 valence electrons. The largest absolute Gasteiger partial charge is 0.481 e. The average Bonchev–Trinajstić information content (AvgIpc) is 2.69. The van der Waals surface area contributed by atoms with Crippen molar-refractivity contribution in [3.05, 3.63) is 41.2 Å². The highest BCUT2D eigenvalue weighted by Crippen LogP contribution is 2.13. The van der Waals surface area contributed by atoms with Crippen LogP contribution >= 0.6 is 0 Å². The molecule has 1 N–H and O–H groups in total. The number of ether oxygens (including phenoxy) is 1. The molecule has 5 nitrogen and oxygen atoms in total. The Hall–Kier alpha value is -1.88. The molecule has 0 aliphatic carbocycles. The van der Waals surface area contributed by atoms with E-state index in [-0.39, 0.29) is 0 Å². The van der Waals surface area contributed by atoms with Gasteiger partial charge in [-0.2, -0.15) is 0 Å². The van der Waals surface area contributed by atoms with Crippen molar-refractivity contribution in [3.8, 4) is 5.88 Å². The molecule has 2 aromatic heterocycles. The van der Waals surface area contributed by atoms with Crippen LogP contribution in [0, 0.1) is 13.8 Å². The van der Waals surface area contributed by atoms with Gasteiger partial charge in [0.15, 0.2) is 0 Å². The standard InChI is InChI=1S/C13H17N3O2/c1-9-10(2)18-12(16-9)8-14-7-11-5-4-6-15-13(11)17-3/h4-6,14H,7-8H2,1-3H3. The molecule has 5 heteroatoms. The summed E-state index contributed by atoms with van der Waals surface area (Å²) in [6, 6.07) is 3.86. The minimum Gasteiger partial charge on any atom is -0.481 e. The fraction of sp³-hybridized carbons (Fsp3) is 0.385. The second kappa shape index (κ2) is 5.64. The van der Waals surface area contributed by atoms with Gasteiger partial charge in [0, 0.05) is 18.3 Å². The van der Waals surface area contributed by atoms with Crippen molar-refractivity contribution in [2.45, 2.75) is 26.9 Å². The van der Waals surface area contributed by atoms with E-state index in [0.717, 1.165) is 17.0 Å². The number of aromatic nitrogens is 2. The monoisotopic (exact) mass is 247 g/mol. The number of aryl methyl sites for hydroxylation is 2. The molecule has 0 bridgehead atoms. The van der Waals surface area contributed by atoms with E-state index in [1.165, 1.54) is 0 Å². The molecule has 0 saturated heterocycles. The maximum Gasteiger partial charge on any atom is 0.217 e. The Kier molecular flexibility index (Phi) is 3.94. The highest BCUT2D eigenvalue weighted by Gasteiger charge is 2.06. The zero-order chi connectivity index (χ0) is 13.0. The first kappa shape index (κ1) is 12.6. The summed E-state index contributed by atoms with van der Waals surface area (Å²) in [5.41, 5.74) is 1.95. The molecule has 2 rings (SSSR count). The van der Waals surface area contributed by atoms with Crippen LogP contribution in [-0.4, -0.2) is 17.1 Å². The van der Waals surface area contributed by atoms with E-state index in [1.54, 1.807) is 13.3 Å². The third kappa shape index (κ3) is 2.87. The number of oxazole rings is 1. The quantitative estimate of drug-likeness (QED) is 0.875. The van der Waals surface area contributed by atoms with Crippen molar-refractivity contribution in [2.24, 2.45) is 0 Å². The first-order valence-corrected chi connectivity index (χ1v) is 5.82. The molecule has 0 aromatic carbocycles. The van der Waals surface area contributed by atoms with Gasteiger partial charge in [-0.3, -0.25) is 0 Å². The van der Waals surface area contributed by atoms with Crippen molar-refractivity contribution in [2.75, 3.05) is 7.11 Å². The number of hydrogen-bond donors (Lipinski definition) is 1. The maximum atomic E-state index is 5.49. The lowest BCUT2D eigenvalue weighted by atomic mass is 10.2. The third-order valence-electron chi connectivity index (χ3n) is 2.71. The van der Waals surface area contributed by atoms with Gasteiger partial charge in [-0.25, -0.2) is 9.97 Å². The molecular weight excluding hydrogens is 230 g/mol. The second-order valence-electron chi connectivity index (χ2n) is 4.02. The van der Waals surface area contributed by atoms with Gasteiger partial charge in [0.05, 0.1) is 19.3 Å². The summed E-state index contributed by atoms with van der Waals surface area (Å²) in [6.07, 6.45) is 1.71. The zero-order valence-corrected chi connectivity index (χ0v) is 10.9. The first-order chi connectivity index (χ1) is 8.70. The van der Waals surface area contributed by atoms with Gasteiger partial charge >= 0.3 is 0 Å². The highest BCUT2D eigenvalue weighted by atomic mass is 16.5. The van der Waals surface area contributed by atoms with Gasteiger partial charge < -0.3 is 14.5 Å². The number of nitrogens with one attached hydrogen (secondary N) is 1. The third-order valence-corrected chi connectivity index (χ3v) is 2.71. The van der Waals surface area contributed by atoms with Crippen molar-refractivity contribution >= 4 is 0 Å². The van der Waals surface area contributed by atoms with Crippen LogP contribution in [0.3, 0.4) is 0 Å². The molecule has 0 amide bonds. The van der Waals surface area contributed by atoms with Gasteiger partial charge in [0.1, 0.15) is 5.76 Å². The Morgan fingerprint density at radius 1 is 1.33 bits per heavy atom. The lowest BCUT2D eigenvalue weighted by molar-refractivity contribution is 0.388. The summed E-state index contributed by atoms with van der Waals surface area (Å²) >= 11 is 0. The zero-order valence-electron chi connectivity index (χ0n) is 10.9. The molecule has 2 heterocycles. The van der Waals surface area contributed by atoms with Crippen LogP contribution in [0.1, 0.15) is 22.9 Å². The molecule has 0 saturated carbocycles. The number of rotatable bonds is 5. The number of nitrogens with zero attached hydrogens (tertiary/aromatic N) is 2. The summed E-state index contributed by atoms with van der Waals surface area (Å²) in [4.78, 5) is 8.45. The van der Waals surface area contributed by atoms with Crippen LogP contribution < -0.4 is 10.1 Å². The van der Waals surface area contributed by atoms with Crippen LogP contribution in [0.2, 0.25) is 0 Å². The van der Waals surface area contributed by atoms with Gasteiger partial charge in [0.2, 0.25) is 11.8 Å². The number of methoxy groups -OCH3 is 1. The fourth-order valence-corrected chi connectivity index (χ4v) is 1.66. The van der Waals surface area contributed by atoms with E-state index < -0.39 is 0 Å². The van der Waals surface area contributed by atoms with E-state index >= 15 is 0 Å². The molecule has 18 heavy (non-hydrogen) atoms. The number of hydrogen-bond acceptors (Lipinski definition) is 5. The summed E-state index contributed by atoms with van der Waals surface area (Å²) in [6.45, 7) is 5.10. The SMILES string of the molecule is COc1ncccc1CNCc1nc(C)c(C)o1. The smallest absolute Gasteiger partial charge is 0.217 e. The van der Waals surface area contributed by atoms with Crippen molar-refractivity contribution in [1.82, 2.24) is 15.3 Å². The Balaban J connectivity index is 1.92. The van der Waals surface area contributed by atoms with Crippen molar-refractivity contribution in [3.63, 3.8) is 0 Å². The van der Waals surface area contributed by atoms with Crippen molar-refractivity contribution < 1.29 is 9.15 Å². The van der Waals surface area contributed by atoms with Crippen LogP contribution in [0.5, 0.6) is 5.88 Å². The molecule has 2 aromatic rings. The maximum absolute atomic E-state index is 5.49. The second-order valence-corrected chi connectivity index (χ2v) is 4.02. The minimum absolute atomic E-state index is 0.590. The Morgan fingerprint density at radius 3 is 2.83 bits per heavy atom. The molecule has 0 spiro atoms.